The molecule has 1 unspecified atom stereocenters. The highest BCUT2D eigenvalue weighted by Gasteiger charge is 2.32. The number of carbonyl (C=O) groups excluding carboxylic acids is 2. The summed E-state index contributed by atoms with van der Waals surface area (Å²) in [5, 5.41) is 2.64. The molecular weight excluding hydrogens is 555 g/mol. The van der Waals surface area contributed by atoms with Crippen LogP contribution in [0.25, 0.3) is 0 Å². The first-order chi connectivity index (χ1) is 19.3. The predicted molar refractivity (Wildman–Crippen MR) is 153 cm³/mol. The molecule has 1 atom stereocenters. The Kier molecular flexibility index (Phi) is 10.6. The predicted octanol–water partition coefficient (Wildman–Crippen LogP) is 4.95. The molecule has 3 aromatic carbocycles. The highest BCUT2D eigenvalue weighted by atomic mass is 32.2. The van der Waals surface area contributed by atoms with Gasteiger partial charge in [-0.15, -0.1) is 0 Å². The molecule has 0 aliphatic rings. The first kappa shape index (κ1) is 31.7. The van der Waals surface area contributed by atoms with Gasteiger partial charge in [0.1, 0.15) is 6.04 Å². The lowest BCUT2D eigenvalue weighted by molar-refractivity contribution is -0.141. The van der Waals surface area contributed by atoms with Crippen molar-refractivity contribution in [3.63, 3.8) is 0 Å². The van der Waals surface area contributed by atoms with E-state index in [1.807, 2.05) is 61.5 Å². The van der Waals surface area contributed by atoms with Crippen molar-refractivity contribution < 1.29 is 31.2 Å². The molecule has 11 heteroatoms. The summed E-state index contributed by atoms with van der Waals surface area (Å²) in [7, 11) is -2.45. The van der Waals surface area contributed by atoms with Gasteiger partial charge in [-0.3, -0.25) is 13.9 Å². The van der Waals surface area contributed by atoms with Crippen LogP contribution in [-0.2, 0) is 38.8 Å². The lowest BCUT2D eigenvalue weighted by Gasteiger charge is -2.31. The second kappa shape index (κ2) is 13.7. The Balaban J connectivity index is 1.86. The van der Waals surface area contributed by atoms with Gasteiger partial charge in [0.15, 0.2) is 0 Å². The van der Waals surface area contributed by atoms with E-state index in [4.69, 9.17) is 0 Å². The summed E-state index contributed by atoms with van der Waals surface area (Å²) in [4.78, 5) is 28.2. The number of sulfonamides is 1. The van der Waals surface area contributed by atoms with Crippen molar-refractivity contribution in [2.75, 3.05) is 24.2 Å². The fraction of sp³-hybridized carbons (Fsp3) is 0.333. The quantitative estimate of drug-likeness (QED) is 0.324. The Morgan fingerprint density at radius 1 is 0.927 bits per heavy atom. The van der Waals surface area contributed by atoms with E-state index >= 15 is 0 Å². The summed E-state index contributed by atoms with van der Waals surface area (Å²) >= 11 is 0. The van der Waals surface area contributed by atoms with E-state index in [-0.39, 0.29) is 49.9 Å². The molecule has 41 heavy (non-hydrogen) atoms. The standard InChI is InChI=1S/C30H34F3N3O4S/c1-22-10-7-13-24(18-22)21-35(27(29(38)34-2)19-23-11-5-4-6-12-23)28(37)16-9-17-36(41(3,39)40)26-15-8-14-25(20-26)30(31,32)33/h4-8,10-15,18,20,27H,9,16-17,19,21H2,1-3H3,(H,34,38). The molecule has 0 saturated heterocycles. The first-order valence-corrected chi connectivity index (χ1v) is 14.9. The largest absolute Gasteiger partial charge is 0.416 e. The minimum atomic E-state index is -4.64. The highest BCUT2D eigenvalue weighted by Crippen LogP contribution is 2.32. The van der Waals surface area contributed by atoms with Gasteiger partial charge in [0, 0.05) is 33.0 Å². The third kappa shape index (κ3) is 9.07. The molecule has 220 valence electrons. The molecule has 0 fully saturated rings. The van der Waals surface area contributed by atoms with Crippen molar-refractivity contribution >= 4 is 27.5 Å². The monoisotopic (exact) mass is 589 g/mol. The zero-order chi connectivity index (χ0) is 30.2. The molecule has 0 radical (unpaired) electrons. The van der Waals surface area contributed by atoms with Crippen LogP contribution in [0.2, 0.25) is 0 Å². The topological polar surface area (TPSA) is 86.8 Å². The number of hydrogen-bond donors (Lipinski definition) is 1. The Bertz CT molecular complexity index is 1450. The van der Waals surface area contributed by atoms with Crippen molar-refractivity contribution in [3.8, 4) is 0 Å². The van der Waals surface area contributed by atoms with Gasteiger partial charge in [0.2, 0.25) is 21.8 Å². The van der Waals surface area contributed by atoms with Crippen LogP contribution in [0.3, 0.4) is 0 Å². The smallest absolute Gasteiger partial charge is 0.357 e. The number of amides is 2. The van der Waals surface area contributed by atoms with Gasteiger partial charge in [-0.25, -0.2) is 8.42 Å². The molecule has 1 N–H and O–H groups in total. The SMILES string of the molecule is CNC(=O)C(Cc1ccccc1)N(Cc1cccc(C)c1)C(=O)CCCN(c1cccc(C(F)(F)F)c1)S(C)(=O)=O. The third-order valence-electron chi connectivity index (χ3n) is 6.57. The average Bonchev–Trinajstić information content (AvgIpc) is 2.92. The Labute approximate surface area is 239 Å². The van der Waals surface area contributed by atoms with Gasteiger partial charge < -0.3 is 10.2 Å². The van der Waals surface area contributed by atoms with Crippen LogP contribution in [0.1, 0.15) is 35.1 Å². The van der Waals surface area contributed by atoms with Crippen molar-refractivity contribution in [2.45, 2.75) is 44.9 Å². The van der Waals surface area contributed by atoms with E-state index < -0.39 is 27.8 Å². The number of alkyl halides is 3. The molecule has 3 aromatic rings. The van der Waals surface area contributed by atoms with E-state index in [0.29, 0.717) is 0 Å². The number of benzene rings is 3. The summed E-state index contributed by atoms with van der Waals surface area (Å²) in [5.41, 5.74) is 1.55. The lowest BCUT2D eigenvalue weighted by Crippen LogP contribution is -2.49. The van der Waals surface area contributed by atoms with Gasteiger partial charge in [-0.05, 0) is 42.7 Å². The van der Waals surface area contributed by atoms with Crippen molar-refractivity contribution in [3.05, 3.63) is 101 Å². The van der Waals surface area contributed by atoms with Gasteiger partial charge in [-0.1, -0.05) is 66.2 Å². The van der Waals surface area contributed by atoms with Gasteiger partial charge in [0.25, 0.3) is 0 Å². The number of aryl methyl sites for hydroxylation is 1. The van der Waals surface area contributed by atoms with Gasteiger partial charge in [0.05, 0.1) is 17.5 Å². The summed E-state index contributed by atoms with van der Waals surface area (Å²) in [6, 6.07) is 20.0. The second-order valence-electron chi connectivity index (χ2n) is 9.82. The minimum absolute atomic E-state index is 0.0261. The van der Waals surface area contributed by atoms with Gasteiger partial charge >= 0.3 is 6.18 Å². The third-order valence-corrected chi connectivity index (χ3v) is 7.76. The van der Waals surface area contributed by atoms with Crippen LogP contribution in [0.5, 0.6) is 0 Å². The zero-order valence-electron chi connectivity index (χ0n) is 23.2. The maximum atomic E-state index is 13.7. The van der Waals surface area contributed by atoms with E-state index in [0.717, 1.165) is 45.5 Å². The van der Waals surface area contributed by atoms with Crippen LogP contribution in [0, 0.1) is 6.92 Å². The number of halogens is 3. The van der Waals surface area contributed by atoms with Crippen molar-refractivity contribution in [2.24, 2.45) is 0 Å². The number of nitrogens with one attached hydrogen (secondary N) is 1. The molecule has 0 saturated carbocycles. The molecule has 3 rings (SSSR count). The first-order valence-electron chi connectivity index (χ1n) is 13.0. The molecule has 0 aliphatic carbocycles. The number of rotatable bonds is 12. The Morgan fingerprint density at radius 2 is 1.59 bits per heavy atom. The number of hydrogen-bond acceptors (Lipinski definition) is 4. The minimum Gasteiger partial charge on any atom is -0.357 e. The fourth-order valence-electron chi connectivity index (χ4n) is 4.57. The average molecular weight is 590 g/mol. The van der Waals surface area contributed by atoms with Crippen LogP contribution in [0.15, 0.2) is 78.9 Å². The van der Waals surface area contributed by atoms with Crippen LogP contribution in [0.4, 0.5) is 18.9 Å². The highest BCUT2D eigenvalue weighted by molar-refractivity contribution is 7.92. The number of nitrogens with zero attached hydrogens (tertiary/aromatic N) is 2. The molecule has 0 aromatic heterocycles. The van der Waals surface area contributed by atoms with E-state index in [2.05, 4.69) is 5.32 Å². The Morgan fingerprint density at radius 3 is 2.20 bits per heavy atom. The summed E-state index contributed by atoms with van der Waals surface area (Å²) in [5.74, 6) is -0.731. The molecule has 0 heterocycles. The summed E-state index contributed by atoms with van der Waals surface area (Å²) < 4.78 is 65.6. The van der Waals surface area contributed by atoms with Gasteiger partial charge in [-0.2, -0.15) is 13.2 Å². The van der Waals surface area contributed by atoms with E-state index in [9.17, 15) is 31.2 Å². The molecule has 0 spiro atoms. The Hall–Kier alpha value is -3.86. The lowest BCUT2D eigenvalue weighted by atomic mass is 10.0. The maximum absolute atomic E-state index is 13.7. The number of likely N-dealkylation sites (N-methyl/N-ethyl adjacent to an activating group) is 1. The van der Waals surface area contributed by atoms with Crippen LogP contribution < -0.4 is 9.62 Å². The normalized spacial score (nSPS) is 12.4. The van der Waals surface area contributed by atoms with Crippen LogP contribution in [-0.4, -0.2) is 51.0 Å². The van der Waals surface area contributed by atoms with E-state index in [1.54, 1.807) is 0 Å². The molecular formula is C30H34F3N3O4S. The summed E-state index contributed by atoms with van der Waals surface area (Å²) in [6.07, 6.45) is -3.57. The van der Waals surface area contributed by atoms with Crippen molar-refractivity contribution in [1.29, 1.82) is 0 Å². The number of anilines is 1. The molecule has 7 nitrogen and oxygen atoms in total. The molecule has 0 bridgehead atoms. The zero-order valence-corrected chi connectivity index (χ0v) is 24.0. The summed E-state index contributed by atoms with van der Waals surface area (Å²) in [6.45, 7) is 1.85. The second-order valence-corrected chi connectivity index (χ2v) is 11.7. The number of carbonyl (C=O) groups is 2. The van der Waals surface area contributed by atoms with E-state index in [1.165, 1.54) is 18.0 Å². The maximum Gasteiger partial charge on any atom is 0.416 e. The molecule has 2 amide bonds. The van der Waals surface area contributed by atoms with Crippen LogP contribution >= 0.6 is 0 Å². The fourth-order valence-corrected chi connectivity index (χ4v) is 5.53. The molecule has 0 aliphatic heterocycles. The van der Waals surface area contributed by atoms with Crippen molar-refractivity contribution in [1.82, 2.24) is 10.2 Å².